The predicted molar refractivity (Wildman–Crippen MR) is 74.8 cm³/mol. The van der Waals surface area contributed by atoms with Crippen molar-refractivity contribution in [2.75, 3.05) is 6.61 Å². The van der Waals surface area contributed by atoms with Gasteiger partial charge in [-0.1, -0.05) is 6.07 Å². The van der Waals surface area contributed by atoms with Gasteiger partial charge in [-0.25, -0.2) is 0 Å². The first-order chi connectivity index (χ1) is 9.29. The van der Waals surface area contributed by atoms with E-state index in [2.05, 4.69) is 11.1 Å². The molecule has 1 aliphatic carbocycles. The van der Waals surface area contributed by atoms with Crippen molar-refractivity contribution in [2.45, 2.75) is 51.4 Å². The van der Waals surface area contributed by atoms with Gasteiger partial charge in [-0.2, -0.15) is 0 Å². The molecular weight excluding hydrogens is 238 g/mol. The molecule has 3 nitrogen and oxygen atoms in total. The van der Waals surface area contributed by atoms with Gasteiger partial charge in [-0.05, 0) is 62.5 Å². The van der Waals surface area contributed by atoms with Crippen LogP contribution >= 0.6 is 0 Å². The fourth-order valence-electron chi connectivity index (χ4n) is 2.96. The number of carbonyl (C=O) groups is 1. The lowest BCUT2D eigenvalue weighted by atomic mass is 9.77. The van der Waals surface area contributed by atoms with Crippen molar-refractivity contribution < 1.29 is 9.53 Å². The molecule has 3 heteroatoms. The number of nitrogens with zero attached hydrogens (tertiary/aromatic N) is 1. The maximum atomic E-state index is 11.3. The van der Waals surface area contributed by atoms with Crippen molar-refractivity contribution in [3.8, 4) is 0 Å². The molecule has 1 aromatic heterocycles. The van der Waals surface area contributed by atoms with Gasteiger partial charge in [0.1, 0.15) is 0 Å². The summed E-state index contributed by atoms with van der Waals surface area (Å²) in [5.41, 5.74) is 1.37. The summed E-state index contributed by atoms with van der Waals surface area (Å²) in [6.07, 6.45) is 10.3. The number of rotatable bonds is 5. The number of hydrogen-bond donors (Lipinski definition) is 0. The van der Waals surface area contributed by atoms with Crippen LogP contribution in [0.1, 0.15) is 56.9 Å². The van der Waals surface area contributed by atoms with Crippen molar-refractivity contribution in [2.24, 2.45) is 5.92 Å². The van der Waals surface area contributed by atoms with E-state index in [0.29, 0.717) is 24.9 Å². The van der Waals surface area contributed by atoms with Gasteiger partial charge in [-0.3, -0.25) is 9.78 Å². The van der Waals surface area contributed by atoms with Crippen LogP contribution in [-0.4, -0.2) is 17.6 Å². The summed E-state index contributed by atoms with van der Waals surface area (Å²) < 4.78 is 4.98. The number of ether oxygens (including phenoxy) is 1. The third kappa shape index (κ3) is 4.34. The van der Waals surface area contributed by atoms with Crippen LogP contribution in [-0.2, 0) is 9.53 Å². The van der Waals surface area contributed by atoms with Crippen molar-refractivity contribution in [1.82, 2.24) is 4.98 Å². The highest BCUT2D eigenvalue weighted by Crippen LogP contribution is 2.37. The zero-order chi connectivity index (χ0) is 13.5. The maximum Gasteiger partial charge on any atom is 0.305 e. The number of aromatic nitrogens is 1. The van der Waals surface area contributed by atoms with Gasteiger partial charge in [0.25, 0.3) is 0 Å². The second-order valence-corrected chi connectivity index (χ2v) is 5.35. The summed E-state index contributed by atoms with van der Waals surface area (Å²) in [5, 5.41) is 0. The third-order valence-electron chi connectivity index (χ3n) is 4.06. The molecule has 1 aliphatic rings. The Labute approximate surface area is 115 Å². The molecule has 1 aromatic rings. The highest BCUT2D eigenvalue weighted by Gasteiger charge is 2.22. The fraction of sp³-hybridized carbons (Fsp3) is 0.625. The Morgan fingerprint density at radius 1 is 1.37 bits per heavy atom. The van der Waals surface area contributed by atoms with Gasteiger partial charge in [0.15, 0.2) is 0 Å². The zero-order valence-electron chi connectivity index (χ0n) is 11.7. The first kappa shape index (κ1) is 14.0. The Balaban J connectivity index is 1.72. The average Bonchev–Trinajstić information content (AvgIpc) is 2.47. The van der Waals surface area contributed by atoms with Crippen LogP contribution in [0.5, 0.6) is 0 Å². The van der Waals surface area contributed by atoms with Crippen LogP contribution in [0.15, 0.2) is 24.5 Å². The van der Waals surface area contributed by atoms with Crippen molar-refractivity contribution in [1.29, 1.82) is 0 Å². The number of pyridine rings is 1. The summed E-state index contributed by atoms with van der Waals surface area (Å²) in [7, 11) is 0. The first-order valence-corrected chi connectivity index (χ1v) is 7.35. The minimum Gasteiger partial charge on any atom is -0.466 e. The van der Waals surface area contributed by atoms with E-state index in [4.69, 9.17) is 4.74 Å². The number of hydrogen-bond acceptors (Lipinski definition) is 3. The largest absolute Gasteiger partial charge is 0.466 e. The molecule has 0 amide bonds. The average molecular weight is 261 g/mol. The smallest absolute Gasteiger partial charge is 0.305 e. The van der Waals surface area contributed by atoms with E-state index >= 15 is 0 Å². The standard InChI is InChI=1S/C16H23NO2/c1-2-19-16(18)10-7-13-5-8-14(9-6-13)15-4-3-11-17-12-15/h3-4,11-14H,2,5-10H2,1H3. The van der Waals surface area contributed by atoms with E-state index < -0.39 is 0 Å². The Kier molecular flexibility index (Phi) is 5.37. The van der Waals surface area contributed by atoms with Crippen molar-refractivity contribution >= 4 is 5.97 Å². The second kappa shape index (κ2) is 7.27. The van der Waals surface area contributed by atoms with Crippen molar-refractivity contribution in [3.63, 3.8) is 0 Å². The lowest BCUT2D eigenvalue weighted by Gasteiger charge is -2.28. The van der Waals surface area contributed by atoms with Gasteiger partial charge >= 0.3 is 5.97 Å². The molecule has 1 saturated carbocycles. The monoisotopic (exact) mass is 261 g/mol. The molecule has 0 aliphatic heterocycles. The maximum absolute atomic E-state index is 11.3. The predicted octanol–water partition coefficient (Wildman–Crippen LogP) is 3.70. The molecule has 0 radical (unpaired) electrons. The van der Waals surface area contributed by atoms with Gasteiger partial charge < -0.3 is 4.74 Å². The van der Waals surface area contributed by atoms with E-state index in [-0.39, 0.29) is 5.97 Å². The molecule has 19 heavy (non-hydrogen) atoms. The quantitative estimate of drug-likeness (QED) is 0.759. The van der Waals surface area contributed by atoms with E-state index in [1.54, 1.807) is 0 Å². The van der Waals surface area contributed by atoms with E-state index in [1.807, 2.05) is 25.4 Å². The molecular formula is C16H23NO2. The molecule has 0 bridgehead atoms. The first-order valence-electron chi connectivity index (χ1n) is 7.35. The summed E-state index contributed by atoms with van der Waals surface area (Å²) in [6.45, 7) is 2.35. The Bertz CT molecular complexity index is 383. The molecule has 2 rings (SSSR count). The lowest BCUT2D eigenvalue weighted by Crippen LogP contribution is -2.15. The highest BCUT2D eigenvalue weighted by molar-refractivity contribution is 5.69. The highest BCUT2D eigenvalue weighted by atomic mass is 16.5. The van der Waals surface area contributed by atoms with Crippen LogP contribution in [0.2, 0.25) is 0 Å². The minimum atomic E-state index is -0.0446. The Morgan fingerprint density at radius 2 is 2.16 bits per heavy atom. The zero-order valence-corrected chi connectivity index (χ0v) is 11.7. The van der Waals surface area contributed by atoms with Crippen LogP contribution in [0, 0.1) is 5.92 Å². The SMILES string of the molecule is CCOC(=O)CCC1CCC(c2cccnc2)CC1. The topological polar surface area (TPSA) is 39.2 Å². The molecule has 0 N–H and O–H groups in total. The Hall–Kier alpha value is -1.38. The van der Waals surface area contributed by atoms with E-state index in [9.17, 15) is 4.79 Å². The molecule has 0 atom stereocenters. The number of esters is 1. The summed E-state index contributed by atoms with van der Waals surface area (Å²) in [5.74, 6) is 1.31. The summed E-state index contributed by atoms with van der Waals surface area (Å²) in [6, 6.07) is 4.19. The van der Waals surface area contributed by atoms with E-state index in [0.717, 1.165) is 6.42 Å². The summed E-state index contributed by atoms with van der Waals surface area (Å²) >= 11 is 0. The van der Waals surface area contributed by atoms with Gasteiger partial charge in [0.05, 0.1) is 6.61 Å². The van der Waals surface area contributed by atoms with Gasteiger partial charge in [0.2, 0.25) is 0 Å². The molecule has 0 saturated heterocycles. The lowest BCUT2D eigenvalue weighted by molar-refractivity contribution is -0.143. The molecule has 1 fully saturated rings. The summed E-state index contributed by atoms with van der Waals surface area (Å²) in [4.78, 5) is 15.5. The number of carbonyl (C=O) groups excluding carboxylic acids is 1. The van der Waals surface area contributed by atoms with Crippen LogP contribution < -0.4 is 0 Å². The fourth-order valence-corrected chi connectivity index (χ4v) is 2.96. The van der Waals surface area contributed by atoms with E-state index in [1.165, 1.54) is 31.2 Å². The Morgan fingerprint density at radius 3 is 2.79 bits per heavy atom. The molecule has 0 spiro atoms. The van der Waals surface area contributed by atoms with Crippen LogP contribution in [0.3, 0.4) is 0 Å². The second-order valence-electron chi connectivity index (χ2n) is 5.35. The minimum absolute atomic E-state index is 0.0446. The molecule has 104 valence electrons. The molecule has 0 aromatic carbocycles. The van der Waals surface area contributed by atoms with Crippen molar-refractivity contribution in [3.05, 3.63) is 30.1 Å². The van der Waals surface area contributed by atoms with Crippen LogP contribution in [0.25, 0.3) is 0 Å². The normalized spacial score (nSPS) is 23.0. The van der Waals surface area contributed by atoms with Gasteiger partial charge in [-0.15, -0.1) is 0 Å². The van der Waals surface area contributed by atoms with Gasteiger partial charge in [0, 0.05) is 18.8 Å². The molecule has 0 unspecified atom stereocenters. The third-order valence-corrected chi connectivity index (χ3v) is 4.06. The molecule has 1 heterocycles. The van der Waals surface area contributed by atoms with Crippen LogP contribution in [0.4, 0.5) is 0 Å².